The highest BCUT2D eigenvalue weighted by Gasteiger charge is 2.07. The van der Waals surface area contributed by atoms with Crippen LogP contribution < -0.4 is 4.74 Å². The van der Waals surface area contributed by atoms with Crippen molar-refractivity contribution in [2.45, 2.75) is 27.2 Å². The quantitative estimate of drug-likeness (QED) is 0.603. The molecule has 2 aromatic carbocycles. The van der Waals surface area contributed by atoms with Crippen molar-refractivity contribution >= 4 is 5.97 Å². The minimum atomic E-state index is -0.210. The molecule has 0 bridgehead atoms. The maximum absolute atomic E-state index is 11.3. The van der Waals surface area contributed by atoms with Crippen LogP contribution in [0.5, 0.6) is 5.75 Å². The average Bonchev–Trinajstić information content (AvgIpc) is 2.39. The normalized spacial score (nSPS) is 10.3. The van der Waals surface area contributed by atoms with Gasteiger partial charge in [0.25, 0.3) is 0 Å². The summed E-state index contributed by atoms with van der Waals surface area (Å²) in [6.07, 6.45) is 0.383. The van der Waals surface area contributed by atoms with Crippen LogP contribution >= 0.6 is 0 Å². The molecule has 2 rings (SSSR count). The van der Waals surface area contributed by atoms with Gasteiger partial charge >= 0.3 is 5.97 Å². The van der Waals surface area contributed by atoms with Gasteiger partial charge in [-0.1, -0.05) is 37.3 Å². The molecule has 2 nitrogen and oxygen atoms in total. The molecule has 0 N–H and O–H groups in total. The maximum atomic E-state index is 11.3. The molecule has 0 atom stereocenters. The minimum absolute atomic E-state index is 0.210. The molecule has 0 saturated heterocycles. The Balaban J connectivity index is 2.41. The first-order valence-corrected chi connectivity index (χ1v) is 6.49. The summed E-state index contributed by atoms with van der Waals surface area (Å²) in [6.45, 7) is 5.97. The Kier molecular flexibility index (Phi) is 4.00. The van der Waals surface area contributed by atoms with Crippen LogP contribution in [0.4, 0.5) is 0 Å². The van der Waals surface area contributed by atoms with Gasteiger partial charge in [0.15, 0.2) is 0 Å². The number of esters is 1. The zero-order chi connectivity index (χ0) is 13.8. The summed E-state index contributed by atoms with van der Waals surface area (Å²) in [7, 11) is 0. The van der Waals surface area contributed by atoms with Gasteiger partial charge in [-0.2, -0.15) is 0 Å². The summed E-state index contributed by atoms with van der Waals surface area (Å²) in [4.78, 5) is 11.3. The van der Waals surface area contributed by atoms with Crippen LogP contribution in [-0.2, 0) is 4.79 Å². The molecule has 0 radical (unpaired) electrons. The predicted molar refractivity (Wildman–Crippen MR) is 77.3 cm³/mol. The molecule has 0 saturated carbocycles. The molecular weight excluding hydrogens is 236 g/mol. The molecule has 0 amide bonds. The van der Waals surface area contributed by atoms with E-state index >= 15 is 0 Å². The summed E-state index contributed by atoms with van der Waals surface area (Å²) < 4.78 is 5.27. The van der Waals surface area contributed by atoms with Gasteiger partial charge in [0, 0.05) is 6.42 Å². The SMILES string of the molecule is CCC(=O)Oc1cccc(-c2c(C)cccc2C)c1. The Hall–Kier alpha value is -2.09. The largest absolute Gasteiger partial charge is 0.427 e. The fourth-order valence-corrected chi connectivity index (χ4v) is 2.19. The summed E-state index contributed by atoms with van der Waals surface area (Å²) in [5.74, 6) is 0.394. The van der Waals surface area contributed by atoms with Crippen LogP contribution in [0.15, 0.2) is 42.5 Å². The Labute approximate surface area is 114 Å². The third-order valence-electron chi connectivity index (χ3n) is 3.12. The second-order valence-corrected chi connectivity index (χ2v) is 4.62. The van der Waals surface area contributed by atoms with E-state index in [1.807, 2.05) is 24.3 Å². The third kappa shape index (κ3) is 3.02. The Morgan fingerprint density at radius 2 is 1.68 bits per heavy atom. The summed E-state index contributed by atoms with van der Waals surface area (Å²) >= 11 is 0. The topological polar surface area (TPSA) is 26.3 Å². The van der Waals surface area contributed by atoms with E-state index in [2.05, 4.69) is 32.0 Å². The summed E-state index contributed by atoms with van der Waals surface area (Å²) in [6, 6.07) is 13.9. The Morgan fingerprint density at radius 3 is 2.32 bits per heavy atom. The average molecular weight is 254 g/mol. The van der Waals surface area contributed by atoms with Crippen molar-refractivity contribution in [2.24, 2.45) is 0 Å². The second kappa shape index (κ2) is 5.70. The Morgan fingerprint density at radius 1 is 1.05 bits per heavy atom. The number of carbonyl (C=O) groups excluding carboxylic acids is 1. The van der Waals surface area contributed by atoms with Crippen molar-refractivity contribution in [3.8, 4) is 16.9 Å². The molecule has 0 aromatic heterocycles. The van der Waals surface area contributed by atoms with Crippen LogP contribution in [-0.4, -0.2) is 5.97 Å². The number of ether oxygens (including phenoxy) is 1. The van der Waals surface area contributed by atoms with E-state index < -0.39 is 0 Å². The monoisotopic (exact) mass is 254 g/mol. The molecule has 0 aliphatic rings. The molecule has 2 aromatic rings. The Bertz CT molecular complexity index is 580. The van der Waals surface area contributed by atoms with Gasteiger partial charge in [-0.15, -0.1) is 0 Å². The zero-order valence-corrected chi connectivity index (χ0v) is 11.6. The van der Waals surface area contributed by atoms with Gasteiger partial charge in [-0.3, -0.25) is 4.79 Å². The molecule has 98 valence electrons. The van der Waals surface area contributed by atoms with Gasteiger partial charge in [0.1, 0.15) is 5.75 Å². The number of rotatable bonds is 3. The molecule has 0 heterocycles. The second-order valence-electron chi connectivity index (χ2n) is 4.62. The van der Waals surface area contributed by atoms with Crippen LogP contribution in [0.25, 0.3) is 11.1 Å². The highest BCUT2D eigenvalue weighted by Crippen LogP contribution is 2.29. The predicted octanol–water partition coefficient (Wildman–Crippen LogP) is 4.29. The van der Waals surface area contributed by atoms with Gasteiger partial charge in [0.2, 0.25) is 0 Å². The smallest absolute Gasteiger partial charge is 0.310 e. The fraction of sp³-hybridized carbons (Fsp3) is 0.235. The van der Waals surface area contributed by atoms with Crippen LogP contribution in [0, 0.1) is 13.8 Å². The minimum Gasteiger partial charge on any atom is -0.427 e. The van der Waals surface area contributed by atoms with E-state index in [4.69, 9.17) is 4.74 Å². The van der Waals surface area contributed by atoms with Gasteiger partial charge in [0.05, 0.1) is 0 Å². The van der Waals surface area contributed by atoms with Gasteiger partial charge < -0.3 is 4.74 Å². The summed E-state index contributed by atoms with van der Waals surface area (Å²) in [5.41, 5.74) is 4.73. The number of benzene rings is 2. The lowest BCUT2D eigenvalue weighted by Gasteiger charge is -2.11. The molecule has 0 fully saturated rings. The number of hydrogen-bond donors (Lipinski definition) is 0. The van der Waals surface area contributed by atoms with E-state index in [9.17, 15) is 4.79 Å². The van der Waals surface area contributed by atoms with Crippen molar-refractivity contribution < 1.29 is 9.53 Å². The highest BCUT2D eigenvalue weighted by molar-refractivity contribution is 5.75. The molecule has 0 spiro atoms. The molecule has 0 aliphatic carbocycles. The van der Waals surface area contributed by atoms with Gasteiger partial charge in [-0.25, -0.2) is 0 Å². The van der Waals surface area contributed by atoms with Crippen molar-refractivity contribution in [1.82, 2.24) is 0 Å². The van der Waals surface area contributed by atoms with E-state index in [1.165, 1.54) is 16.7 Å². The van der Waals surface area contributed by atoms with Crippen molar-refractivity contribution in [2.75, 3.05) is 0 Å². The van der Waals surface area contributed by atoms with E-state index in [0.717, 1.165) is 5.56 Å². The van der Waals surface area contributed by atoms with Crippen molar-refractivity contribution in [3.63, 3.8) is 0 Å². The van der Waals surface area contributed by atoms with Crippen molar-refractivity contribution in [3.05, 3.63) is 53.6 Å². The van der Waals surface area contributed by atoms with Crippen LogP contribution in [0.3, 0.4) is 0 Å². The lowest BCUT2D eigenvalue weighted by atomic mass is 9.96. The molecule has 19 heavy (non-hydrogen) atoms. The first kappa shape index (κ1) is 13.3. The van der Waals surface area contributed by atoms with Crippen molar-refractivity contribution in [1.29, 1.82) is 0 Å². The maximum Gasteiger partial charge on any atom is 0.310 e. The first-order valence-electron chi connectivity index (χ1n) is 6.49. The first-order chi connectivity index (χ1) is 9.11. The van der Waals surface area contributed by atoms with E-state index in [0.29, 0.717) is 12.2 Å². The van der Waals surface area contributed by atoms with Gasteiger partial charge in [-0.05, 0) is 48.2 Å². The number of carbonyl (C=O) groups is 1. The summed E-state index contributed by atoms with van der Waals surface area (Å²) in [5, 5.41) is 0. The van der Waals surface area contributed by atoms with Crippen LogP contribution in [0.2, 0.25) is 0 Å². The molecule has 2 heteroatoms. The zero-order valence-electron chi connectivity index (χ0n) is 11.6. The van der Waals surface area contributed by atoms with E-state index in [1.54, 1.807) is 6.92 Å². The standard InChI is InChI=1S/C17H18O2/c1-4-16(18)19-15-10-6-9-14(11-15)17-12(2)7-5-8-13(17)3/h5-11H,4H2,1-3H3. The molecule has 0 unspecified atom stereocenters. The van der Waals surface area contributed by atoms with E-state index in [-0.39, 0.29) is 5.97 Å². The lowest BCUT2D eigenvalue weighted by molar-refractivity contribution is -0.134. The third-order valence-corrected chi connectivity index (χ3v) is 3.12. The molecule has 0 aliphatic heterocycles. The fourth-order valence-electron chi connectivity index (χ4n) is 2.19. The van der Waals surface area contributed by atoms with Crippen LogP contribution in [0.1, 0.15) is 24.5 Å². The number of aryl methyl sites for hydroxylation is 2. The molecular formula is C17H18O2. The highest BCUT2D eigenvalue weighted by atomic mass is 16.5. The lowest BCUT2D eigenvalue weighted by Crippen LogP contribution is -2.05. The number of hydrogen-bond acceptors (Lipinski definition) is 2.